The highest BCUT2D eigenvalue weighted by molar-refractivity contribution is 5.76. The van der Waals surface area contributed by atoms with Gasteiger partial charge in [0.05, 0.1) is 12.8 Å². The van der Waals surface area contributed by atoms with Crippen LogP contribution in [0, 0.1) is 12.8 Å². The molecule has 0 saturated carbocycles. The lowest BCUT2D eigenvalue weighted by Crippen LogP contribution is -2.41. The summed E-state index contributed by atoms with van der Waals surface area (Å²) in [5.41, 5.74) is 2.32. The Morgan fingerprint density at radius 1 is 1.40 bits per heavy atom. The van der Waals surface area contributed by atoms with Crippen molar-refractivity contribution in [2.45, 2.75) is 39.0 Å². The monoisotopic (exact) mass is 341 g/mol. The number of ether oxygens (including phenoxy) is 1. The van der Waals surface area contributed by atoms with Crippen molar-refractivity contribution < 1.29 is 9.53 Å². The molecule has 1 aromatic carbocycles. The molecule has 1 aromatic heterocycles. The maximum absolute atomic E-state index is 12.5. The Labute approximate surface area is 149 Å². The highest BCUT2D eigenvalue weighted by atomic mass is 16.5. The third-order valence-electron chi connectivity index (χ3n) is 4.85. The summed E-state index contributed by atoms with van der Waals surface area (Å²) in [6.07, 6.45) is 8.29. The lowest BCUT2D eigenvalue weighted by atomic mass is 9.98. The molecule has 25 heavy (non-hydrogen) atoms. The Morgan fingerprint density at radius 2 is 2.28 bits per heavy atom. The van der Waals surface area contributed by atoms with E-state index in [0.717, 1.165) is 55.6 Å². The van der Waals surface area contributed by atoms with E-state index in [-0.39, 0.29) is 5.91 Å². The number of nitrogens with one attached hydrogen (secondary N) is 1. The number of aromatic nitrogens is 2. The number of benzene rings is 1. The molecule has 0 unspecified atom stereocenters. The molecular weight excluding hydrogens is 314 g/mol. The molecule has 2 aromatic rings. The first-order valence-electron chi connectivity index (χ1n) is 9.16. The standard InChI is InChI=1S/C20H27N3O2/c1-16-6-2-3-9-19(16)25-15-18-8-5-11-23(14-18)20(24)10-4-7-17-12-21-22-13-17/h2-3,6,9,12-13,18H,4-5,7-8,10-11,14-15H2,1H3,(H,21,22)/t18-/m0/s1. The summed E-state index contributed by atoms with van der Waals surface area (Å²) < 4.78 is 5.99. The van der Waals surface area contributed by atoms with Crippen LogP contribution >= 0.6 is 0 Å². The Morgan fingerprint density at radius 3 is 3.08 bits per heavy atom. The van der Waals surface area contributed by atoms with Crippen molar-refractivity contribution in [3.8, 4) is 5.75 Å². The second-order valence-corrected chi connectivity index (χ2v) is 6.88. The molecule has 1 atom stereocenters. The number of hydrogen-bond acceptors (Lipinski definition) is 3. The zero-order valence-electron chi connectivity index (χ0n) is 14.9. The van der Waals surface area contributed by atoms with Gasteiger partial charge in [0, 0.05) is 31.6 Å². The SMILES string of the molecule is Cc1ccccc1OC[C@H]1CCCN(C(=O)CCCc2cn[nH]c2)C1. The van der Waals surface area contributed by atoms with Gasteiger partial charge in [-0.2, -0.15) is 5.10 Å². The van der Waals surface area contributed by atoms with Gasteiger partial charge in [0.2, 0.25) is 5.91 Å². The number of likely N-dealkylation sites (tertiary alicyclic amines) is 1. The summed E-state index contributed by atoms with van der Waals surface area (Å²) >= 11 is 0. The summed E-state index contributed by atoms with van der Waals surface area (Å²) in [7, 11) is 0. The van der Waals surface area contributed by atoms with E-state index in [1.807, 2.05) is 35.5 Å². The van der Waals surface area contributed by atoms with Gasteiger partial charge in [-0.25, -0.2) is 0 Å². The third-order valence-corrected chi connectivity index (χ3v) is 4.85. The van der Waals surface area contributed by atoms with Crippen molar-refractivity contribution in [3.05, 3.63) is 47.8 Å². The summed E-state index contributed by atoms with van der Waals surface area (Å²) in [5.74, 6) is 1.64. The van der Waals surface area contributed by atoms with Crippen LogP contribution in [0.4, 0.5) is 0 Å². The van der Waals surface area contributed by atoms with Crippen LogP contribution in [0.3, 0.4) is 0 Å². The number of rotatable bonds is 7. The number of hydrogen-bond donors (Lipinski definition) is 1. The summed E-state index contributed by atoms with van der Waals surface area (Å²) in [5, 5.41) is 6.75. The Hall–Kier alpha value is -2.30. The smallest absolute Gasteiger partial charge is 0.222 e. The van der Waals surface area contributed by atoms with Gasteiger partial charge >= 0.3 is 0 Å². The first kappa shape index (κ1) is 17.5. The fourth-order valence-corrected chi connectivity index (χ4v) is 3.37. The van der Waals surface area contributed by atoms with E-state index in [2.05, 4.69) is 23.2 Å². The van der Waals surface area contributed by atoms with Gasteiger partial charge in [-0.3, -0.25) is 9.89 Å². The number of piperidine rings is 1. The van der Waals surface area contributed by atoms with E-state index >= 15 is 0 Å². The number of amides is 1. The highest BCUT2D eigenvalue weighted by Crippen LogP contribution is 2.21. The molecule has 1 aliphatic heterocycles. The molecule has 0 bridgehead atoms. The van der Waals surface area contributed by atoms with E-state index in [4.69, 9.17) is 4.74 Å². The molecular formula is C20H27N3O2. The second kappa shape index (κ2) is 8.70. The summed E-state index contributed by atoms with van der Waals surface area (Å²) in [4.78, 5) is 14.5. The van der Waals surface area contributed by atoms with E-state index < -0.39 is 0 Å². The molecule has 1 fully saturated rings. The van der Waals surface area contributed by atoms with E-state index in [9.17, 15) is 4.79 Å². The lowest BCUT2D eigenvalue weighted by Gasteiger charge is -2.33. The van der Waals surface area contributed by atoms with Gasteiger partial charge in [-0.1, -0.05) is 18.2 Å². The minimum atomic E-state index is 0.268. The maximum atomic E-state index is 12.5. The molecule has 2 heterocycles. The maximum Gasteiger partial charge on any atom is 0.222 e. The fourth-order valence-electron chi connectivity index (χ4n) is 3.37. The molecule has 5 heteroatoms. The minimum absolute atomic E-state index is 0.268. The van der Waals surface area contributed by atoms with Gasteiger partial charge in [0.15, 0.2) is 0 Å². The first-order chi connectivity index (χ1) is 12.2. The van der Waals surface area contributed by atoms with Gasteiger partial charge in [0.25, 0.3) is 0 Å². The van der Waals surface area contributed by atoms with Gasteiger partial charge in [-0.15, -0.1) is 0 Å². The number of carbonyl (C=O) groups excluding carboxylic acids is 1. The zero-order valence-corrected chi connectivity index (χ0v) is 14.9. The molecule has 134 valence electrons. The molecule has 0 spiro atoms. The predicted octanol–water partition coefficient (Wildman–Crippen LogP) is 3.36. The number of carbonyl (C=O) groups is 1. The van der Waals surface area contributed by atoms with Gasteiger partial charge < -0.3 is 9.64 Å². The van der Waals surface area contributed by atoms with E-state index in [1.54, 1.807) is 0 Å². The average molecular weight is 341 g/mol. The molecule has 0 radical (unpaired) electrons. The van der Waals surface area contributed by atoms with Crippen molar-refractivity contribution in [2.24, 2.45) is 5.92 Å². The van der Waals surface area contributed by atoms with Crippen molar-refractivity contribution in [2.75, 3.05) is 19.7 Å². The average Bonchev–Trinajstić information content (AvgIpc) is 3.15. The number of nitrogens with zero attached hydrogens (tertiary/aromatic N) is 2. The molecule has 1 amide bonds. The van der Waals surface area contributed by atoms with Gasteiger partial charge in [0.1, 0.15) is 5.75 Å². The van der Waals surface area contributed by atoms with Crippen LogP contribution in [0.5, 0.6) is 5.75 Å². The van der Waals surface area contributed by atoms with Crippen molar-refractivity contribution in [1.82, 2.24) is 15.1 Å². The Bertz CT molecular complexity index is 669. The third kappa shape index (κ3) is 5.08. The molecule has 0 aliphatic carbocycles. The lowest BCUT2D eigenvalue weighted by molar-refractivity contribution is -0.133. The normalized spacial score (nSPS) is 17.5. The van der Waals surface area contributed by atoms with Crippen LogP contribution in [-0.4, -0.2) is 40.7 Å². The van der Waals surface area contributed by atoms with E-state index in [0.29, 0.717) is 18.9 Å². The summed E-state index contributed by atoms with van der Waals surface area (Å²) in [6.45, 7) is 4.44. The zero-order chi connectivity index (χ0) is 17.5. The topological polar surface area (TPSA) is 58.2 Å². The number of para-hydroxylation sites is 1. The second-order valence-electron chi connectivity index (χ2n) is 6.88. The summed E-state index contributed by atoms with van der Waals surface area (Å²) in [6, 6.07) is 8.09. The van der Waals surface area contributed by atoms with Crippen molar-refractivity contribution in [1.29, 1.82) is 0 Å². The first-order valence-corrected chi connectivity index (χ1v) is 9.16. The molecule has 5 nitrogen and oxygen atoms in total. The van der Waals surface area contributed by atoms with Crippen LogP contribution in [0.25, 0.3) is 0 Å². The van der Waals surface area contributed by atoms with Crippen LogP contribution in [0.1, 0.15) is 36.8 Å². The van der Waals surface area contributed by atoms with E-state index in [1.165, 1.54) is 0 Å². The molecule has 1 aliphatic rings. The van der Waals surface area contributed by atoms with Crippen LogP contribution < -0.4 is 4.74 Å². The Kier molecular flexibility index (Phi) is 6.09. The highest BCUT2D eigenvalue weighted by Gasteiger charge is 2.24. The molecule has 1 N–H and O–H groups in total. The van der Waals surface area contributed by atoms with Gasteiger partial charge in [-0.05, 0) is 49.8 Å². The Balaban J connectivity index is 1.42. The molecule has 3 rings (SSSR count). The predicted molar refractivity (Wildman–Crippen MR) is 97.5 cm³/mol. The fraction of sp³-hybridized carbons (Fsp3) is 0.500. The molecule has 1 saturated heterocycles. The van der Waals surface area contributed by atoms with Crippen LogP contribution in [0.15, 0.2) is 36.7 Å². The largest absolute Gasteiger partial charge is 0.493 e. The number of H-pyrrole nitrogens is 1. The number of aromatic amines is 1. The quantitative estimate of drug-likeness (QED) is 0.840. The van der Waals surface area contributed by atoms with Crippen molar-refractivity contribution >= 4 is 5.91 Å². The van der Waals surface area contributed by atoms with Crippen molar-refractivity contribution in [3.63, 3.8) is 0 Å². The van der Waals surface area contributed by atoms with Crippen LogP contribution in [-0.2, 0) is 11.2 Å². The van der Waals surface area contributed by atoms with Crippen LogP contribution in [0.2, 0.25) is 0 Å². The minimum Gasteiger partial charge on any atom is -0.493 e. The number of aryl methyl sites for hydroxylation is 2.